The Morgan fingerprint density at radius 3 is 2.50 bits per heavy atom. The van der Waals surface area contributed by atoms with Gasteiger partial charge >= 0.3 is 0 Å². The lowest BCUT2D eigenvalue weighted by molar-refractivity contribution is -0.122. The second-order valence-corrected chi connectivity index (χ2v) is 4.08. The molecule has 1 unspecified atom stereocenters. The van der Waals surface area contributed by atoms with Gasteiger partial charge in [-0.2, -0.15) is 0 Å². The van der Waals surface area contributed by atoms with Crippen molar-refractivity contribution in [2.24, 2.45) is 0 Å². The third kappa shape index (κ3) is 3.27. The van der Waals surface area contributed by atoms with Crippen LogP contribution in [0.15, 0.2) is 0 Å². The number of carbonyl (C=O) groups excluding carboxylic acids is 1. The van der Waals surface area contributed by atoms with Crippen LogP contribution in [0.1, 0.15) is 19.8 Å². The molecule has 1 heterocycles. The lowest BCUT2D eigenvalue weighted by Crippen LogP contribution is -2.49. The summed E-state index contributed by atoms with van der Waals surface area (Å²) in [7, 11) is 3.81. The Bertz CT molecular complexity index is 188. The Morgan fingerprint density at radius 2 is 2.00 bits per heavy atom. The van der Waals surface area contributed by atoms with Crippen LogP contribution in [0.4, 0.5) is 0 Å². The first-order valence-corrected chi connectivity index (χ1v) is 5.29. The first kappa shape index (κ1) is 11.5. The Hall–Kier alpha value is -0.610. The van der Waals surface area contributed by atoms with Gasteiger partial charge in [0.2, 0.25) is 5.91 Å². The van der Waals surface area contributed by atoms with Gasteiger partial charge in [-0.05, 0) is 39.9 Å². The maximum absolute atomic E-state index is 11.3. The normalized spacial score (nSPS) is 21.9. The zero-order valence-electron chi connectivity index (χ0n) is 9.34. The van der Waals surface area contributed by atoms with E-state index < -0.39 is 0 Å². The summed E-state index contributed by atoms with van der Waals surface area (Å²) < 4.78 is 0. The molecule has 0 aliphatic carbocycles. The van der Waals surface area contributed by atoms with Crippen LogP contribution in [0.3, 0.4) is 0 Å². The van der Waals surface area contributed by atoms with Crippen molar-refractivity contribution in [3.05, 3.63) is 0 Å². The average molecular weight is 199 g/mol. The number of amides is 1. The predicted octanol–water partition coefficient (Wildman–Crippen LogP) is -0.195. The van der Waals surface area contributed by atoms with Gasteiger partial charge in [-0.25, -0.2) is 0 Å². The lowest BCUT2D eigenvalue weighted by atomic mass is 10.0. The quantitative estimate of drug-likeness (QED) is 0.662. The fraction of sp³-hybridized carbons (Fsp3) is 0.900. The Morgan fingerprint density at radius 1 is 1.43 bits per heavy atom. The van der Waals surface area contributed by atoms with Crippen molar-refractivity contribution in [2.45, 2.75) is 31.8 Å². The van der Waals surface area contributed by atoms with E-state index in [-0.39, 0.29) is 11.9 Å². The predicted molar refractivity (Wildman–Crippen MR) is 57.2 cm³/mol. The SMILES string of the molecule is CNC(=O)C(C)NC1CCN(C)CC1. The van der Waals surface area contributed by atoms with E-state index >= 15 is 0 Å². The van der Waals surface area contributed by atoms with E-state index in [0.29, 0.717) is 6.04 Å². The maximum Gasteiger partial charge on any atom is 0.236 e. The van der Waals surface area contributed by atoms with Crippen LogP contribution >= 0.6 is 0 Å². The minimum atomic E-state index is -0.0755. The van der Waals surface area contributed by atoms with Crippen molar-refractivity contribution in [3.63, 3.8) is 0 Å². The molecule has 0 aromatic heterocycles. The molecule has 1 fully saturated rings. The third-order valence-corrected chi connectivity index (χ3v) is 2.84. The minimum absolute atomic E-state index is 0.0731. The Kier molecular flexibility index (Phi) is 4.35. The summed E-state index contributed by atoms with van der Waals surface area (Å²) in [6.45, 7) is 4.16. The largest absolute Gasteiger partial charge is 0.358 e. The van der Waals surface area contributed by atoms with Gasteiger partial charge in [-0.1, -0.05) is 0 Å². The van der Waals surface area contributed by atoms with Gasteiger partial charge in [-0.15, -0.1) is 0 Å². The zero-order chi connectivity index (χ0) is 10.6. The van der Waals surface area contributed by atoms with E-state index in [0.717, 1.165) is 25.9 Å². The fourth-order valence-corrected chi connectivity index (χ4v) is 1.82. The van der Waals surface area contributed by atoms with Gasteiger partial charge in [0.1, 0.15) is 0 Å². The lowest BCUT2D eigenvalue weighted by Gasteiger charge is -2.31. The van der Waals surface area contributed by atoms with E-state index in [9.17, 15) is 4.79 Å². The molecule has 1 aliphatic heterocycles. The van der Waals surface area contributed by atoms with Crippen molar-refractivity contribution >= 4 is 5.91 Å². The summed E-state index contributed by atoms with van der Waals surface area (Å²) >= 11 is 0. The molecule has 0 radical (unpaired) electrons. The Labute approximate surface area is 86.0 Å². The molecule has 4 heteroatoms. The van der Waals surface area contributed by atoms with Crippen molar-refractivity contribution < 1.29 is 4.79 Å². The second-order valence-electron chi connectivity index (χ2n) is 4.08. The van der Waals surface area contributed by atoms with Gasteiger partial charge in [0.05, 0.1) is 6.04 Å². The number of piperidine rings is 1. The van der Waals surface area contributed by atoms with Crippen LogP contribution in [0.2, 0.25) is 0 Å². The van der Waals surface area contributed by atoms with E-state index in [1.807, 2.05) is 6.92 Å². The van der Waals surface area contributed by atoms with Crippen molar-refractivity contribution in [1.82, 2.24) is 15.5 Å². The minimum Gasteiger partial charge on any atom is -0.358 e. The second kappa shape index (κ2) is 5.32. The fourth-order valence-electron chi connectivity index (χ4n) is 1.82. The molecule has 0 saturated carbocycles. The molecule has 14 heavy (non-hydrogen) atoms. The molecule has 0 aromatic carbocycles. The first-order valence-electron chi connectivity index (χ1n) is 5.29. The molecule has 0 aromatic rings. The molecule has 1 amide bonds. The monoisotopic (exact) mass is 199 g/mol. The van der Waals surface area contributed by atoms with Crippen LogP contribution in [0.25, 0.3) is 0 Å². The summed E-state index contributed by atoms with van der Waals surface area (Å²) in [5.74, 6) is 0.0731. The number of likely N-dealkylation sites (N-methyl/N-ethyl adjacent to an activating group) is 1. The van der Waals surface area contributed by atoms with Gasteiger partial charge < -0.3 is 15.5 Å². The smallest absolute Gasteiger partial charge is 0.236 e. The van der Waals surface area contributed by atoms with Gasteiger partial charge in [0.15, 0.2) is 0 Å². The van der Waals surface area contributed by atoms with E-state index in [1.165, 1.54) is 0 Å². The molecule has 1 rings (SSSR count). The number of rotatable bonds is 3. The highest BCUT2D eigenvalue weighted by Gasteiger charge is 2.20. The highest BCUT2D eigenvalue weighted by atomic mass is 16.2. The van der Waals surface area contributed by atoms with E-state index in [2.05, 4.69) is 22.6 Å². The van der Waals surface area contributed by atoms with Crippen LogP contribution in [-0.2, 0) is 4.79 Å². The summed E-state index contributed by atoms with van der Waals surface area (Å²) in [5.41, 5.74) is 0. The molecule has 0 spiro atoms. The van der Waals surface area contributed by atoms with Gasteiger partial charge in [0.25, 0.3) is 0 Å². The first-order chi connectivity index (χ1) is 6.63. The summed E-state index contributed by atoms with van der Waals surface area (Å²) in [6.07, 6.45) is 2.27. The van der Waals surface area contributed by atoms with Crippen molar-refractivity contribution in [1.29, 1.82) is 0 Å². The Balaban J connectivity index is 2.27. The molecule has 1 atom stereocenters. The van der Waals surface area contributed by atoms with E-state index in [1.54, 1.807) is 7.05 Å². The standard InChI is InChI=1S/C10H21N3O/c1-8(10(14)11-2)12-9-4-6-13(3)7-5-9/h8-9,12H,4-7H2,1-3H3,(H,11,14). The number of nitrogens with zero attached hydrogens (tertiary/aromatic N) is 1. The van der Waals surface area contributed by atoms with Crippen molar-refractivity contribution in [2.75, 3.05) is 27.2 Å². The van der Waals surface area contributed by atoms with Gasteiger partial charge in [-0.3, -0.25) is 4.79 Å². The van der Waals surface area contributed by atoms with Crippen molar-refractivity contribution in [3.8, 4) is 0 Å². The number of likely N-dealkylation sites (tertiary alicyclic amines) is 1. The molecule has 82 valence electrons. The topological polar surface area (TPSA) is 44.4 Å². The van der Waals surface area contributed by atoms with Crippen LogP contribution in [0.5, 0.6) is 0 Å². The average Bonchev–Trinajstić information content (AvgIpc) is 2.20. The third-order valence-electron chi connectivity index (χ3n) is 2.84. The van der Waals surface area contributed by atoms with Crippen LogP contribution in [0, 0.1) is 0 Å². The summed E-state index contributed by atoms with van der Waals surface area (Å²) in [5, 5.41) is 6.00. The summed E-state index contributed by atoms with van der Waals surface area (Å²) in [4.78, 5) is 13.6. The molecule has 0 bridgehead atoms. The molecular formula is C10H21N3O. The maximum atomic E-state index is 11.3. The zero-order valence-corrected chi connectivity index (χ0v) is 9.34. The molecular weight excluding hydrogens is 178 g/mol. The van der Waals surface area contributed by atoms with Crippen LogP contribution in [-0.4, -0.2) is 50.1 Å². The molecule has 2 N–H and O–H groups in total. The molecule has 1 saturated heterocycles. The number of carbonyl (C=O) groups is 1. The van der Waals surface area contributed by atoms with Gasteiger partial charge in [0, 0.05) is 13.1 Å². The summed E-state index contributed by atoms with van der Waals surface area (Å²) in [6, 6.07) is 0.423. The molecule has 4 nitrogen and oxygen atoms in total. The number of nitrogens with one attached hydrogen (secondary N) is 2. The highest BCUT2D eigenvalue weighted by Crippen LogP contribution is 2.08. The highest BCUT2D eigenvalue weighted by molar-refractivity contribution is 5.80. The number of hydrogen-bond donors (Lipinski definition) is 2. The number of hydrogen-bond acceptors (Lipinski definition) is 3. The van der Waals surface area contributed by atoms with Crippen LogP contribution < -0.4 is 10.6 Å². The van der Waals surface area contributed by atoms with E-state index in [4.69, 9.17) is 0 Å². The molecule has 1 aliphatic rings.